The van der Waals surface area contributed by atoms with Crippen molar-refractivity contribution in [1.82, 2.24) is 4.98 Å². The average Bonchev–Trinajstić information content (AvgIpc) is 2.61. The molecule has 0 saturated heterocycles. The maximum Gasteiger partial charge on any atom is 0.180 e. The Kier molecular flexibility index (Phi) is 4.74. The Labute approximate surface area is 135 Å². The summed E-state index contributed by atoms with van der Waals surface area (Å²) in [5.41, 5.74) is 7.92. The first-order chi connectivity index (χ1) is 11.3. The van der Waals surface area contributed by atoms with Crippen LogP contribution in [0.5, 0.6) is 11.5 Å². The molecule has 23 heavy (non-hydrogen) atoms. The summed E-state index contributed by atoms with van der Waals surface area (Å²) in [5.74, 6) is 1.58. The molecule has 0 amide bonds. The van der Waals surface area contributed by atoms with Gasteiger partial charge in [-0.05, 0) is 11.1 Å². The van der Waals surface area contributed by atoms with E-state index in [1.165, 1.54) is 0 Å². The van der Waals surface area contributed by atoms with Crippen molar-refractivity contribution in [3.63, 3.8) is 0 Å². The van der Waals surface area contributed by atoms with Crippen LogP contribution in [0, 0.1) is 0 Å². The van der Waals surface area contributed by atoms with E-state index in [1.54, 1.807) is 12.3 Å². The predicted molar refractivity (Wildman–Crippen MR) is 90.2 cm³/mol. The second-order valence-corrected chi connectivity index (χ2v) is 5.10. The zero-order chi connectivity index (χ0) is 15.9. The third-order valence-electron chi connectivity index (χ3n) is 3.33. The lowest BCUT2D eigenvalue weighted by atomic mass is 10.2. The van der Waals surface area contributed by atoms with Gasteiger partial charge in [-0.15, -0.1) is 0 Å². The van der Waals surface area contributed by atoms with E-state index < -0.39 is 0 Å². The minimum Gasteiger partial charge on any atom is -0.485 e. The number of hydrogen-bond donors (Lipinski definition) is 1. The third kappa shape index (κ3) is 4.23. The Bertz CT molecular complexity index is 746. The molecular weight excluding hydrogens is 288 g/mol. The van der Waals surface area contributed by atoms with Crippen molar-refractivity contribution in [1.29, 1.82) is 0 Å². The monoisotopic (exact) mass is 306 g/mol. The highest BCUT2D eigenvalue weighted by molar-refractivity contribution is 5.46. The number of rotatable bonds is 6. The fourth-order valence-corrected chi connectivity index (χ4v) is 2.13. The number of nitrogens with zero attached hydrogens (tertiary/aromatic N) is 1. The molecule has 116 valence electrons. The van der Waals surface area contributed by atoms with Crippen molar-refractivity contribution in [2.75, 3.05) is 5.73 Å². The van der Waals surface area contributed by atoms with E-state index in [0.29, 0.717) is 30.5 Å². The molecule has 1 heterocycles. The van der Waals surface area contributed by atoms with Crippen molar-refractivity contribution < 1.29 is 9.47 Å². The molecule has 3 aromatic rings. The van der Waals surface area contributed by atoms with Crippen LogP contribution in [0.15, 0.2) is 72.9 Å². The topological polar surface area (TPSA) is 57.4 Å². The van der Waals surface area contributed by atoms with Gasteiger partial charge in [0, 0.05) is 6.07 Å². The van der Waals surface area contributed by atoms with Crippen LogP contribution < -0.4 is 15.2 Å². The van der Waals surface area contributed by atoms with Crippen molar-refractivity contribution in [2.24, 2.45) is 0 Å². The highest BCUT2D eigenvalue weighted by Crippen LogP contribution is 2.29. The maximum absolute atomic E-state index is 5.85. The largest absolute Gasteiger partial charge is 0.485 e. The fourth-order valence-electron chi connectivity index (χ4n) is 2.13. The van der Waals surface area contributed by atoms with E-state index >= 15 is 0 Å². The Balaban J connectivity index is 1.70. The lowest BCUT2D eigenvalue weighted by Crippen LogP contribution is -2.02. The van der Waals surface area contributed by atoms with E-state index in [2.05, 4.69) is 4.98 Å². The third-order valence-corrected chi connectivity index (χ3v) is 3.33. The molecule has 0 unspecified atom stereocenters. The van der Waals surface area contributed by atoms with Crippen molar-refractivity contribution in [3.8, 4) is 11.5 Å². The van der Waals surface area contributed by atoms with Gasteiger partial charge >= 0.3 is 0 Å². The van der Waals surface area contributed by atoms with E-state index in [-0.39, 0.29) is 0 Å². The van der Waals surface area contributed by atoms with Crippen LogP contribution in [0.4, 0.5) is 5.82 Å². The van der Waals surface area contributed by atoms with Gasteiger partial charge in [0.15, 0.2) is 11.5 Å². The summed E-state index contributed by atoms with van der Waals surface area (Å²) >= 11 is 0. The van der Waals surface area contributed by atoms with Gasteiger partial charge in [-0.3, -0.25) is 0 Å². The Hall–Kier alpha value is -3.01. The first-order valence-electron chi connectivity index (χ1n) is 7.40. The number of aromatic nitrogens is 1. The number of pyridine rings is 1. The molecule has 0 atom stereocenters. The van der Waals surface area contributed by atoms with Gasteiger partial charge in [0.25, 0.3) is 0 Å². The molecule has 2 aromatic carbocycles. The van der Waals surface area contributed by atoms with Gasteiger partial charge in [0.1, 0.15) is 19.0 Å². The molecule has 0 fully saturated rings. The predicted octanol–water partition coefficient (Wildman–Crippen LogP) is 3.82. The highest BCUT2D eigenvalue weighted by atomic mass is 16.5. The van der Waals surface area contributed by atoms with Gasteiger partial charge in [0.05, 0.1) is 6.20 Å². The normalized spacial score (nSPS) is 10.3. The minimum absolute atomic E-state index is 0.403. The number of nitrogen functional groups attached to an aromatic ring is 1. The van der Waals surface area contributed by atoms with E-state index in [4.69, 9.17) is 15.2 Å². The summed E-state index contributed by atoms with van der Waals surface area (Å²) in [4.78, 5) is 4.08. The van der Waals surface area contributed by atoms with Gasteiger partial charge in [-0.1, -0.05) is 60.7 Å². The number of benzene rings is 2. The molecule has 0 saturated carbocycles. The first-order valence-corrected chi connectivity index (χ1v) is 7.40. The van der Waals surface area contributed by atoms with Crippen molar-refractivity contribution >= 4 is 5.82 Å². The number of nitrogens with two attached hydrogens (primary N) is 1. The number of anilines is 1. The number of hydrogen-bond acceptors (Lipinski definition) is 4. The molecule has 3 rings (SSSR count). The van der Waals surface area contributed by atoms with Crippen molar-refractivity contribution in [3.05, 3.63) is 84.1 Å². The molecule has 1 aromatic heterocycles. The van der Waals surface area contributed by atoms with E-state index in [1.807, 2.05) is 60.7 Å². The molecule has 0 aliphatic carbocycles. The average molecular weight is 306 g/mol. The van der Waals surface area contributed by atoms with E-state index in [0.717, 1.165) is 11.1 Å². The fraction of sp³-hybridized carbons (Fsp3) is 0.105. The standard InChI is InChI=1S/C19H18N2O2/c20-19-11-17(22-13-15-7-3-1-4-8-15)18(12-21-19)23-14-16-9-5-2-6-10-16/h1-12H,13-14H2,(H2,20,21). The second-order valence-electron chi connectivity index (χ2n) is 5.10. The summed E-state index contributed by atoms with van der Waals surface area (Å²) in [6.45, 7) is 0.903. The van der Waals surface area contributed by atoms with Gasteiger partial charge in [-0.25, -0.2) is 4.98 Å². The second kappa shape index (κ2) is 7.31. The molecule has 2 N–H and O–H groups in total. The van der Waals surface area contributed by atoms with Crippen LogP contribution in [0.3, 0.4) is 0 Å². The summed E-state index contributed by atoms with van der Waals surface area (Å²) in [7, 11) is 0. The van der Waals surface area contributed by atoms with Crippen LogP contribution in [0.25, 0.3) is 0 Å². The van der Waals surface area contributed by atoms with Crippen LogP contribution in [-0.2, 0) is 13.2 Å². The first kappa shape index (κ1) is 14.9. The Morgan fingerprint density at radius 3 is 1.83 bits per heavy atom. The molecule has 0 radical (unpaired) electrons. The number of ether oxygens (including phenoxy) is 2. The van der Waals surface area contributed by atoms with E-state index in [9.17, 15) is 0 Å². The zero-order valence-corrected chi connectivity index (χ0v) is 12.7. The summed E-state index contributed by atoms with van der Waals surface area (Å²) in [6, 6.07) is 21.6. The highest BCUT2D eigenvalue weighted by Gasteiger charge is 2.08. The molecule has 0 bridgehead atoms. The molecule has 4 heteroatoms. The molecule has 0 aliphatic heterocycles. The maximum atomic E-state index is 5.85. The van der Waals surface area contributed by atoms with Gasteiger partial charge in [0.2, 0.25) is 0 Å². The van der Waals surface area contributed by atoms with Crippen LogP contribution in [-0.4, -0.2) is 4.98 Å². The lowest BCUT2D eigenvalue weighted by Gasteiger charge is -2.13. The van der Waals surface area contributed by atoms with Crippen LogP contribution in [0.1, 0.15) is 11.1 Å². The molecule has 0 aliphatic rings. The SMILES string of the molecule is Nc1cc(OCc2ccccc2)c(OCc2ccccc2)cn1. The Morgan fingerprint density at radius 2 is 1.26 bits per heavy atom. The van der Waals surface area contributed by atoms with Crippen LogP contribution in [0.2, 0.25) is 0 Å². The summed E-state index contributed by atoms with van der Waals surface area (Å²) in [5, 5.41) is 0. The van der Waals surface area contributed by atoms with Gasteiger partial charge < -0.3 is 15.2 Å². The summed E-state index contributed by atoms with van der Waals surface area (Å²) in [6.07, 6.45) is 1.60. The zero-order valence-electron chi connectivity index (χ0n) is 12.7. The lowest BCUT2D eigenvalue weighted by molar-refractivity contribution is 0.255. The molecular formula is C19H18N2O2. The minimum atomic E-state index is 0.403. The summed E-state index contributed by atoms with van der Waals surface area (Å²) < 4.78 is 11.7. The van der Waals surface area contributed by atoms with Crippen molar-refractivity contribution in [2.45, 2.75) is 13.2 Å². The molecule has 0 spiro atoms. The quantitative estimate of drug-likeness (QED) is 0.752. The van der Waals surface area contributed by atoms with Crippen LogP contribution >= 0.6 is 0 Å². The molecule has 4 nitrogen and oxygen atoms in total. The van der Waals surface area contributed by atoms with Gasteiger partial charge in [-0.2, -0.15) is 0 Å². The smallest absolute Gasteiger partial charge is 0.180 e. The Morgan fingerprint density at radius 1 is 0.739 bits per heavy atom.